The summed E-state index contributed by atoms with van der Waals surface area (Å²) >= 11 is 0. The summed E-state index contributed by atoms with van der Waals surface area (Å²) in [6.45, 7) is 0.422. The van der Waals surface area contributed by atoms with Crippen LogP contribution in [0.4, 0.5) is 18.9 Å². The summed E-state index contributed by atoms with van der Waals surface area (Å²) in [5.74, 6) is -1.62. The number of nitrogens with zero attached hydrogens (tertiary/aromatic N) is 1. The number of ether oxygens (including phenoxy) is 1. The number of hydrogen-bond donors (Lipinski definition) is 2. The highest BCUT2D eigenvalue weighted by atomic mass is 19.4. The Morgan fingerprint density at radius 3 is 2.31 bits per heavy atom. The van der Waals surface area contributed by atoms with Crippen LogP contribution >= 0.6 is 0 Å². The molecule has 0 heterocycles. The van der Waals surface area contributed by atoms with Crippen molar-refractivity contribution in [1.82, 2.24) is 5.43 Å². The van der Waals surface area contributed by atoms with Gasteiger partial charge in [-0.15, -0.1) is 0 Å². The van der Waals surface area contributed by atoms with Crippen molar-refractivity contribution in [3.63, 3.8) is 0 Å². The summed E-state index contributed by atoms with van der Waals surface area (Å²) in [5, 5.41) is 5.77. The average Bonchev–Trinajstić information content (AvgIpc) is 2.79. The van der Waals surface area contributed by atoms with E-state index in [-0.39, 0.29) is 5.69 Å². The van der Waals surface area contributed by atoms with E-state index < -0.39 is 23.6 Å². The van der Waals surface area contributed by atoms with Gasteiger partial charge in [-0.2, -0.15) is 18.3 Å². The van der Waals surface area contributed by atoms with Crippen LogP contribution < -0.4 is 15.5 Å². The first-order valence-electron chi connectivity index (χ1n) is 9.40. The maximum atomic E-state index is 12.7. The third-order valence-corrected chi connectivity index (χ3v) is 4.16. The smallest absolute Gasteiger partial charge is 0.416 e. The highest BCUT2D eigenvalue weighted by Crippen LogP contribution is 2.30. The third-order valence-electron chi connectivity index (χ3n) is 4.16. The molecule has 0 aromatic heterocycles. The normalized spacial score (nSPS) is 11.2. The van der Waals surface area contributed by atoms with Crippen LogP contribution in [0.3, 0.4) is 0 Å². The molecule has 0 radical (unpaired) electrons. The average molecular weight is 441 g/mol. The van der Waals surface area contributed by atoms with Gasteiger partial charge in [0.25, 0.3) is 0 Å². The lowest BCUT2D eigenvalue weighted by molar-refractivity contribution is -0.137. The van der Waals surface area contributed by atoms with Crippen molar-refractivity contribution >= 4 is 23.7 Å². The van der Waals surface area contributed by atoms with E-state index in [0.29, 0.717) is 17.9 Å². The van der Waals surface area contributed by atoms with Gasteiger partial charge in [-0.05, 0) is 53.6 Å². The number of hydrogen-bond acceptors (Lipinski definition) is 4. The topological polar surface area (TPSA) is 79.8 Å². The van der Waals surface area contributed by atoms with Gasteiger partial charge in [0.15, 0.2) is 0 Å². The molecule has 0 atom stereocenters. The van der Waals surface area contributed by atoms with Gasteiger partial charge in [0.1, 0.15) is 12.4 Å². The fourth-order valence-corrected chi connectivity index (χ4v) is 2.57. The van der Waals surface area contributed by atoms with Crippen LogP contribution in [0.25, 0.3) is 0 Å². The Kier molecular flexibility index (Phi) is 7.22. The SMILES string of the molecule is O=C(N/N=C/c1ccc(OCc2ccccc2)cc1)C(=O)Nc1cccc(C(F)(F)F)c1. The fraction of sp³-hybridized carbons (Fsp3) is 0.0870. The highest BCUT2D eigenvalue weighted by molar-refractivity contribution is 6.39. The molecule has 0 fully saturated rings. The number of carbonyl (C=O) groups is 2. The first kappa shape index (κ1) is 22.5. The van der Waals surface area contributed by atoms with Gasteiger partial charge >= 0.3 is 18.0 Å². The zero-order chi connectivity index (χ0) is 23.0. The van der Waals surface area contributed by atoms with Crippen LogP contribution in [-0.4, -0.2) is 18.0 Å². The van der Waals surface area contributed by atoms with E-state index in [0.717, 1.165) is 23.8 Å². The number of carbonyl (C=O) groups excluding carboxylic acids is 2. The highest BCUT2D eigenvalue weighted by Gasteiger charge is 2.30. The molecule has 0 bridgehead atoms. The van der Waals surface area contributed by atoms with E-state index in [1.165, 1.54) is 12.3 Å². The van der Waals surface area contributed by atoms with Gasteiger partial charge in [0.2, 0.25) is 0 Å². The lowest BCUT2D eigenvalue weighted by Gasteiger charge is -2.09. The summed E-state index contributed by atoms with van der Waals surface area (Å²) in [6.07, 6.45) is -3.24. The van der Waals surface area contributed by atoms with Crippen molar-refractivity contribution in [2.75, 3.05) is 5.32 Å². The predicted octanol–water partition coefficient (Wildman–Crippen LogP) is 4.37. The molecule has 3 aromatic rings. The molecule has 0 spiro atoms. The van der Waals surface area contributed by atoms with Gasteiger partial charge in [0, 0.05) is 5.69 Å². The number of anilines is 1. The molecular formula is C23H18F3N3O3. The Hall–Kier alpha value is -4.14. The monoisotopic (exact) mass is 441 g/mol. The molecule has 0 aliphatic rings. The number of amides is 2. The number of hydrazone groups is 1. The minimum absolute atomic E-state index is 0.157. The Balaban J connectivity index is 1.48. The van der Waals surface area contributed by atoms with Crippen molar-refractivity contribution < 1.29 is 27.5 Å². The van der Waals surface area contributed by atoms with Gasteiger partial charge in [-0.25, -0.2) is 5.43 Å². The van der Waals surface area contributed by atoms with E-state index in [1.807, 2.05) is 35.8 Å². The van der Waals surface area contributed by atoms with Gasteiger partial charge in [-0.3, -0.25) is 9.59 Å². The maximum Gasteiger partial charge on any atom is 0.416 e. The van der Waals surface area contributed by atoms with Crippen molar-refractivity contribution in [3.05, 3.63) is 95.6 Å². The van der Waals surface area contributed by atoms with E-state index >= 15 is 0 Å². The molecule has 164 valence electrons. The lowest BCUT2D eigenvalue weighted by Crippen LogP contribution is -2.32. The summed E-state index contributed by atoms with van der Waals surface area (Å²) in [4.78, 5) is 23.7. The molecule has 0 saturated carbocycles. The minimum Gasteiger partial charge on any atom is -0.489 e. The molecule has 0 aliphatic carbocycles. The second kappa shape index (κ2) is 10.3. The maximum absolute atomic E-state index is 12.7. The number of nitrogens with one attached hydrogen (secondary N) is 2. The van der Waals surface area contributed by atoms with Crippen molar-refractivity contribution in [2.24, 2.45) is 5.10 Å². The molecular weight excluding hydrogens is 423 g/mol. The molecule has 9 heteroatoms. The van der Waals surface area contributed by atoms with Gasteiger partial charge < -0.3 is 10.1 Å². The largest absolute Gasteiger partial charge is 0.489 e. The molecule has 6 nitrogen and oxygen atoms in total. The first-order chi connectivity index (χ1) is 15.3. The van der Waals surface area contributed by atoms with Crippen LogP contribution in [0.1, 0.15) is 16.7 Å². The zero-order valence-corrected chi connectivity index (χ0v) is 16.6. The predicted molar refractivity (Wildman–Crippen MR) is 113 cm³/mol. The number of alkyl halides is 3. The molecule has 0 aliphatic heterocycles. The number of rotatable bonds is 6. The summed E-state index contributed by atoms with van der Waals surface area (Å²) in [6, 6.07) is 20.5. The molecule has 0 saturated heterocycles. The second-order valence-corrected chi connectivity index (χ2v) is 6.58. The van der Waals surface area contributed by atoms with E-state index in [1.54, 1.807) is 24.3 Å². The minimum atomic E-state index is -4.56. The molecule has 32 heavy (non-hydrogen) atoms. The first-order valence-corrected chi connectivity index (χ1v) is 9.40. The van der Waals surface area contributed by atoms with Gasteiger partial charge in [0.05, 0.1) is 11.8 Å². The fourth-order valence-electron chi connectivity index (χ4n) is 2.57. The third kappa shape index (κ3) is 6.69. The Morgan fingerprint density at radius 2 is 1.62 bits per heavy atom. The Bertz CT molecular complexity index is 1100. The zero-order valence-electron chi connectivity index (χ0n) is 16.6. The number of halogens is 3. The second-order valence-electron chi connectivity index (χ2n) is 6.58. The molecule has 3 aromatic carbocycles. The Labute approximate surface area is 181 Å². The standard InChI is InChI=1S/C23H18F3N3O3/c24-23(25,26)18-7-4-8-19(13-18)28-21(30)22(31)29-27-14-16-9-11-20(12-10-16)32-15-17-5-2-1-3-6-17/h1-14H,15H2,(H,28,30)(H,29,31)/b27-14+. The van der Waals surface area contributed by atoms with Gasteiger partial charge in [-0.1, -0.05) is 36.4 Å². The molecule has 2 amide bonds. The number of benzene rings is 3. The van der Waals surface area contributed by atoms with Crippen LogP contribution in [0, 0.1) is 0 Å². The van der Waals surface area contributed by atoms with Crippen LogP contribution in [0.2, 0.25) is 0 Å². The summed E-state index contributed by atoms with van der Waals surface area (Å²) in [7, 11) is 0. The van der Waals surface area contributed by atoms with E-state index in [4.69, 9.17) is 4.74 Å². The van der Waals surface area contributed by atoms with E-state index in [9.17, 15) is 22.8 Å². The summed E-state index contributed by atoms with van der Waals surface area (Å²) in [5.41, 5.74) is 2.59. The van der Waals surface area contributed by atoms with Crippen LogP contribution in [0.5, 0.6) is 5.75 Å². The summed E-state index contributed by atoms with van der Waals surface area (Å²) < 4.78 is 43.8. The molecule has 0 unspecified atom stereocenters. The van der Waals surface area contributed by atoms with E-state index in [2.05, 4.69) is 10.4 Å². The lowest BCUT2D eigenvalue weighted by atomic mass is 10.2. The van der Waals surface area contributed by atoms with Crippen LogP contribution in [-0.2, 0) is 22.4 Å². The molecule has 2 N–H and O–H groups in total. The Morgan fingerprint density at radius 1 is 0.906 bits per heavy atom. The molecule has 3 rings (SSSR count). The van der Waals surface area contributed by atoms with Crippen molar-refractivity contribution in [3.8, 4) is 5.75 Å². The van der Waals surface area contributed by atoms with Crippen molar-refractivity contribution in [1.29, 1.82) is 0 Å². The van der Waals surface area contributed by atoms with Crippen molar-refractivity contribution in [2.45, 2.75) is 12.8 Å². The quantitative estimate of drug-likeness (QED) is 0.339. The van der Waals surface area contributed by atoms with Crippen LogP contribution in [0.15, 0.2) is 84.0 Å².